The summed E-state index contributed by atoms with van der Waals surface area (Å²) in [6.07, 6.45) is 0. The number of halogens is 1. The van der Waals surface area contributed by atoms with Crippen LogP contribution in [0.25, 0.3) is 85.9 Å². The molecule has 0 aliphatic rings. The molecule has 0 saturated carbocycles. The maximum Gasteiger partial charge on any atom is 0.0503 e. The highest BCUT2D eigenvalue weighted by Crippen LogP contribution is 2.45. The third-order valence-electron chi connectivity index (χ3n) is 8.96. The predicted molar refractivity (Wildman–Crippen MR) is 196 cm³/mol. The molecule has 9 aromatic rings. The molecule has 0 bridgehead atoms. The fraction of sp³-hybridized carbons (Fsp3) is 0. The lowest BCUT2D eigenvalue weighted by Gasteiger charge is -2.12. The number of thiophene rings is 1. The lowest BCUT2D eigenvalue weighted by Crippen LogP contribution is -1.85. The molecule has 0 fully saturated rings. The van der Waals surface area contributed by atoms with E-state index in [4.69, 9.17) is 0 Å². The molecule has 0 spiro atoms. The van der Waals surface area contributed by atoms with Gasteiger partial charge in [0.1, 0.15) is 0 Å². The fourth-order valence-corrected chi connectivity index (χ4v) is 8.82. The number of hydrogen-bond acceptors (Lipinski definition) is 1. The van der Waals surface area contributed by atoms with E-state index in [2.05, 4.69) is 168 Å². The molecular weight excluding hydrogens is 616 g/mol. The quantitative estimate of drug-likeness (QED) is 0.168. The van der Waals surface area contributed by atoms with Crippen molar-refractivity contribution < 1.29 is 0 Å². The zero-order valence-electron chi connectivity index (χ0n) is 23.7. The molecule has 44 heavy (non-hydrogen) atoms. The van der Waals surface area contributed by atoms with Gasteiger partial charge in [-0.25, -0.2) is 0 Å². The van der Waals surface area contributed by atoms with E-state index in [0.29, 0.717) is 0 Å². The normalized spacial score (nSPS) is 11.8. The molecule has 0 aliphatic heterocycles. The lowest BCUT2D eigenvalue weighted by molar-refractivity contribution is 1.62. The number of benzene rings is 8. The monoisotopic (exact) mass is 640 g/mol. The summed E-state index contributed by atoms with van der Waals surface area (Å²) in [7, 11) is 0. The Morgan fingerprint density at radius 3 is 1.50 bits per heavy atom. The summed E-state index contributed by atoms with van der Waals surface area (Å²) in [5.74, 6) is 0. The van der Waals surface area contributed by atoms with Crippen LogP contribution in [0, 0.1) is 0 Å². The van der Waals surface area contributed by atoms with Crippen molar-refractivity contribution in [2.24, 2.45) is 0 Å². The average molecular weight is 642 g/mol. The van der Waals surface area contributed by atoms with Gasteiger partial charge in [-0.05, 0) is 99.5 Å². The summed E-state index contributed by atoms with van der Waals surface area (Å²) in [6.45, 7) is 0. The van der Waals surface area contributed by atoms with Crippen LogP contribution < -0.4 is 0 Å². The van der Waals surface area contributed by atoms with Crippen LogP contribution in [0.2, 0.25) is 0 Å². The van der Waals surface area contributed by atoms with Gasteiger partial charge < -0.3 is 0 Å². The third kappa shape index (κ3) is 4.02. The van der Waals surface area contributed by atoms with Crippen LogP contribution in [0.3, 0.4) is 0 Å². The highest BCUT2D eigenvalue weighted by atomic mass is 79.9. The van der Waals surface area contributed by atoms with E-state index in [1.54, 1.807) is 0 Å². The smallest absolute Gasteiger partial charge is 0.0503 e. The summed E-state index contributed by atoms with van der Waals surface area (Å²) in [4.78, 5) is 1.28. The Bertz CT molecular complexity index is 2510. The van der Waals surface area contributed by atoms with Gasteiger partial charge in [0.25, 0.3) is 0 Å². The van der Waals surface area contributed by atoms with Crippen molar-refractivity contribution in [3.8, 4) is 32.7 Å². The van der Waals surface area contributed by atoms with Gasteiger partial charge in [-0.1, -0.05) is 133 Å². The number of rotatable bonds is 3. The molecule has 1 aromatic heterocycles. The van der Waals surface area contributed by atoms with E-state index in [0.717, 1.165) is 0 Å². The van der Waals surface area contributed by atoms with Gasteiger partial charge in [0.2, 0.25) is 0 Å². The maximum absolute atomic E-state index is 3.99. The second-order valence-corrected chi connectivity index (χ2v) is 13.3. The highest BCUT2D eigenvalue weighted by molar-refractivity contribution is 9.10. The van der Waals surface area contributed by atoms with Gasteiger partial charge in [0.05, 0.1) is 4.88 Å². The van der Waals surface area contributed by atoms with Crippen molar-refractivity contribution >= 4 is 80.4 Å². The molecule has 2 heteroatoms. The van der Waals surface area contributed by atoms with E-state index < -0.39 is 0 Å². The zero-order chi connectivity index (χ0) is 29.2. The SMILES string of the molecule is Brc1c(-c2cccc3ccccc23)sc2ccc(-c3ccc(-c4ccc5c6ccccc6c6ccccc6c5c4)cc3)cc12. The summed E-state index contributed by atoms with van der Waals surface area (Å²) in [5.41, 5.74) is 6.18. The molecule has 0 nitrogen and oxygen atoms in total. The van der Waals surface area contributed by atoms with Crippen LogP contribution in [0.5, 0.6) is 0 Å². The van der Waals surface area contributed by atoms with Gasteiger partial charge in [0.15, 0.2) is 0 Å². The van der Waals surface area contributed by atoms with Crippen molar-refractivity contribution in [2.75, 3.05) is 0 Å². The summed E-state index contributed by atoms with van der Waals surface area (Å²) >= 11 is 5.84. The number of hydrogen-bond donors (Lipinski definition) is 0. The Morgan fingerprint density at radius 1 is 0.364 bits per heavy atom. The zero-order valence-corrected chi connectivity index (χ0v) is 26.1. The van der Waals surface area contributed by atoms with Gasteiger partial charge in [-0.2, -0.15) is 0 Å². The van der Waals surface area contributed by atoms with Crippen LogP contribution in [-0.4, -0.2) is 0 Å². The minimum Gasteiger partial charge on any atom is -0.134 e. The first-order valence-corrected chi connectivity index (χ1v) is 16.5. The predicted octanol–water partition coefficient (Wildman–Crippen LogP) is 13.3. The van der Waals surface area contributed by atoms with Gasteiger partial charge in [0, 0.05) is 20.1 Å². The van der Waals surface area contributed by atoms with E-state index >= 15 is 0 Å². The van der Waals surface area contributed by atoms with Crippen LogP contribution >= 0.6 is 27.3 Å². The fourth-order valence-electron chi connectivity index (χ4n) is 6.79. The third-order valence-corrected chi connectivity index (χ3v) is 11.2. The van der Waals surface area contributed by atoms with E-state index in [1.165, 1.54) is 90.3 Å². The summed E-state index contributed by atoms with van der Waals surface area (Å²) < 4.78 is 2.46. The Kier molecular flexibility index (Phi) is 5.94. The molecule has 0 saturated heterocycles. The molecule has 1 heterocycles. The first kappa shape index (κ1) is 25.7. The maximum atomic E-state index is 3.99. The largest absolute Gasteiger partial charge is 0.134 e. The van der Waals surface area contributed by atoms with Gasteiger partial charge in [-0.3, -0.25) is 0 Å². The van der Waals surface area contributed by atoms with Crippen molar-refractivity contribution in [1.82, 2.24) is 0 Å². The van der Waals surface area contributed by atoms with Crippen LogP contribution in [-0.2, 0) is 0 Å². The Hall–Kier alpha value is -4.76. The molecule has 0 amide bonds. The topological polar surface area (TPSA) is 0 Å². The minimum atomic E-state index is 1.17. The van der Waals surface area contributed by atoms with E-state index in [9.17, 15) is 0 Å². The minimum absolute atomic E-state index is 1.17. The van der Waals surface area contributed by atoms with Crippen molar-refractivity contribution in [1.29, 1.82) is 0 Å². The Morgan fingerprint density at radius 2 is 0.841 bits per heavy atom. The molecule has 206 valence electrons. The first-order chi connectivity index (χ1) is 21.7. The number of fused-ring (bicyclic) bond motifs is 8. The standard InChI is InChI=1S/C42H25BrS/c43-41-39-25-30(21-23-40(39)44-42(41)37-15-7-9-28-8-1-2-10-31(28)37)27-18-16-26(17-19-27)29-20-22-36-34-13-4-3-11-32(34)33-12-5-6-14-35(33)38(36)24-29/h1-25H. The second kappa shape index (κ2) is 10.2. The molecule has 0 unspecified atom stereocenters. The van der Waals surface area contributed by atoms with Crippen LogP contribution in [0.1, 0.15) is 0 Å². The summed E-state index contributed by atoms with van der Waals surface area (Å²) in [6, 6.07) is 55.5. The molecule has 0 aliphatic carbocycles. The summed E-state index contributed by atoms with van der Waals surface area (Å²) in [5, 5.41) is 11.6. The molecule has 0 radical (unpaired) electrons. The Balaban J connectivity index is 1.11. The van der Waals surface area contributed by atoms with Crippen LogP contribution in [0.15, 0.2) is 156 Å². The molecule has 0 N–H and O–H groups in total. The molecular formula is C42H25BrS. The van der Waals surface area contributed by atoms with E-state index in [1.807, 2.05) is 11.3 Å². The second-order valence-electron chi connectivity index (χ2n) is 11.4. The van der Waals surface area contributed by atoms with Crippen LogP contribution in [0.4, 0.5) is 0 Å². The average Bonchev–Trinajstić information content (AvgIpc) is 3.43. The first-order valence-electron chi connectivity index (χ1n) is 14.9. The highest BCUT2D eigenvalue weighted by Gasteiger charge is 2.15. The molecule has 9 rings (SSSR count). The van der Waals surface area contributed by atoms with Gasteiger partial charge >= 0.3 is 0 Å². The van der Waals surface area contributed by atoms with Crippen molar-refractivity contribution in [3.05, 3.63) is 156 Å². The van der Waals surface area contributed by atoms with Crippen molar-refractivity contribution in [2.45, 2.75) is 0 Å². The molecule has 8 aromatic carbocycles. The van der Waals surface area contributed by atoms with E-state index in [-0.39, 0.29) is 0 Å². The lowest BCUT2D eigenvalue weighted by atomic mass is 9.92. The van der Waals surface area contributed by atoms with Crippen molar-refractivity contribution in [3.63, 3.8) is 0 Å². The Labute approximate surface area is 268 Å². The van der Waals surface area contributed by atoms with Gasteiger partial charge in [-0.15, -0.1) is 11.3 Å². The molecule has 0 atom stereocenters.